The zero-order chi connectivity index (χ0) is 10.8. The summed E-state index contributed by atoms with van der Waals surface area (Å²) in [5.41, 5.74) is 0. The van der Waals surface area contributed by atoms with Gasteiger partial charge >= 0.3 is 11.9 Å². The number of carboxylic acid groups (broad SMARTS) is 1. The molecule has 15 heavy (non-hydrogen) atoms. The van der Waals surface area contributed by atoms with Crippen molar-refractivity contribution in [1.82, 2.24) is 0 Å². The summed E-state index contributed by atoms with van der Waals surface area (Å²) >= 11 is 0. The van der Waals surface area contributed by atoms with Gasteiger partial charge in [0.15, 0.2) is 0 Å². The van der Waals surface area contributed by atoms with Gasteiger partial charge in [-0.05, 0) is 37.5 Å². The number of aliphatic carboxylic acids is 1. The van der Waals surface area contributed by atoms with Gasteiger partial charge in [-0.15, -0.1) is 0 Å². The highest BCUT2D eigenvalue weighted by atomic mass is 16.5. The third-order valence-electron chi connectivity index (χ3n) is 3.30. The zero-order valence-electron chi connectivity index (χ0n) is 8.39. The third kappa shape index (κ3) is 2.37. The van der Waals surface area contributed by atoms with Crippen molar-refractivity contribution in [3.8, 4) is 0 Å². The first-order valence-electron chi connectivity index (χ1n) is 5.27. The minimum Gasteiger partial charge on any atom is -0.478 e. The van der Waals surface area contributed by atoms with Gasteiger partial charge in [0.2, 0.25) is 0 Å². The van der Waals surface area contributed by atoms with Gasteiger partial charge in [0.1, 0.15) is 6.10 Å². The first-order chi connectivity index (χ1) is 7.15. The van der Waals surface area contributed by atoms with Gasteiger partial charge in [0.05, 0.1) is 0 Å². The maximum absolute atomic E-state index is 11.2. The molecule has 0 heterocycles. The standard InChI is InChI=1S/C11H14O4/c12-10(13)3-4-11(14)15-9-6-7-1-2-8(9)5-7/h3-4,7-9H,1-2,5-6H2,(H,12,13)/b4-3+. The molecule has 2 bridgehead atoms. The number of rotatable bonds is 3. The van der Waals surface area contributed by atoms with Crippen LogP contribution in [0.1, 0.15) is 25.7 Å². The largest absolute Gasteiger partial charge is 0.478 e. The van der Waals surface area contributed by atoms with Crippen LogP contribution in [0.4, 0.5) is 0 Å². The Kier molecular flexibility index (Phi) is 2.75. The Morgan fingerprint density at radius 3 is 2.53 bits per heavy atom. The van der Waals surface area contributed by atoms with Crippen LogP contribution in [-0.4, -0.2) is 23.1 Å². The number of ether oxygens (including phenoxy) is 1. The molecule has 0 aliphatic heterocycles. The Morgan fingerprint density at radius 2 is 2.00 bits per heavy atom. The van der Waals surface area contributed by atoms with E-state index in [2.05, 4.69) is 0 Å². The minimum atomic E-state index is -1.13. The molecule has 3 atom stereocenters. The lowest BCUT2D eigenvalue weighted by atomic mass is 9.98. The van der Waals surface area contributed by atoms with Gasteiger partial charge in [-0.1, -0.05) is 0 Å². The lowest BCUT2D eigenvalue weighted by molar-refractivity contribution is -0.145. The van der Waals surface area contributed by atoms with Gasteiger partial charge in [-0.2, -0.15) is 0 Å². The fraction of sp³-hybridized carbons (Fsp3) is 0.636. The molecule has 2 saturated carbocycles. The predicted molar refractivity (Wildman–Crippen MR) is 52.1 cm³/mol. The van der Waals surface area contributed by atoms with E-state index in [0.29, 0.717) is 5.92 Å². The van der Waals surface area contributed by atoms with Crippen LogP contribution in [0.25, 0.3) is 0 Å². The highest BCUT2D eigenvalue weighted by Gasteiger charge is 2.41. The number of hydrogen-bond donors (Lipinski definition) is 1. The number of carbonyl (C=O) groups excluding carboxylic acids is 1. The Labute approximate surface area is 87.9 Å². The fourth-order valence-electron chi connectivity index (χ4n) is 2.66. The van der Waals surface area contributed by atoms with Crippen LogP contribution < -0.4 is 0 Å². The van der Waals surface area contributed by atoms with E-state index >= 15 is 0 Å². The Hall–Kier alpha value is -1.32. The second-order valence-corrected chi connectivity index (χ2v) is 4.32. The number of carboxylic acids is 1. The molecule has 0 spiro atoms. The number of fused-ring (bicyclic) bond motifs is 2. The first-order valence-corrected chi connectivity index (χ1v) is 5.27. The highest BCUT2D eigenvalue weighted by Crippen LogP contribution is 2.45. The van der Waals surface area contributed by atoms with Gasteiger partial charge in [0.25, 0.3) is 0 Å². The molecule has 4 nitrogen and oxygen atoms in total. The topological polar surface area (TPSA) is 63.6 Å². The molecule has 82 valence electrons. The molecule has 0 radical (unpaired) electrons. The molecule has 0 aromatic heterocycles. The Bertz CT molecular complexity index is 308. The van der Waals surface area contributed by atoms with Crippen molar-refractivity contribution >= 4 is 11.9 Å². The summed E-state index contributed by atoms with van der Waals surface area (Å²) < 4.78 is 5.21. The monoisotopic (exact) mass is 210 g/mol. The molecule has 2 aliphatic carbocycles. The molecular formula is C11H14O4. The molecule has 0 amide bonds. The molecule has 2 aliphatic rings. The van der Waals surface area contributed by atoms with Crippen LogP contribution in [0.2, 0.25) is 0 Å². The molecule has 2 rings (SSSR count). The minimum absolute atomic E-state index is 0.0229. The maximum atomic E-state index is 11.2. The summed E-state index contributed by atoms with van der Waals surface area (Å²) in [4.78, 5) is 21.4. The van der Waals surface area contributed by atoms with Crippen molar-refractivity contribution in [2.24, 2.45) is 11.8 Å². The molecule has 0 saturated heterocycles. The van der Waals surface area contributed by atoms with Gasteiger partial charge in [0, 0.05) is 12.2 Å². The lowest BCUT2D eigenvalue weighted by Gasteiger charge is -2.20. The number of hydrogen-bond acceptors (Lipinski definition) is 3. The Balaban J connectivity index is 1.82. The van der Waals surface area contributed by atoms with Crippen LogP contribution in [-0.2, 0) is 14.3 Å². The summed E-state index contributed by atoms with van der Waals surface area (Å²) in [6, 6.07) is 0. The van der Waals surface area contributed by atoms with E-state index in [1.54, 1.807) is 0 Å². The van der Waals surface area contributed by atoms with E-state index in [1.807, 2.05) is 0 Å². The van der Waals surface area contributed by atoms with Crippen LogP contribution in [0.3, 0.4) is 0 Å². The fourth-order valence-corrected chi connectivity index (χ4v) is 2.66. The van der Waals surface area contributed by atoms with E-state index in [-0.39, 0.29) is 6.10 Å². The van der Waals surface area contributed by atoms with E-state index in [9.17, 15) is 9.59 Å². The van der Waals surface area contributed by atoms with Crippen molar-refractivity contribution in [2.45, 2.75) is 31.8 Å². The summed E-state index contributed by atoms with van der Waals surface area (Å²) in [6.45, 7) is 0. The number of esters is 1. The summed E-state index contributed by atoms with van der Waals surface area (Å²) in [5, 5.41) is 8.33. The summed E-state index contributed by atoms with van der Waals surface area (Å²) in [7, 11) is 0. The van der Waals surface area contributed by atoms with Crippen LogP contribution in [0, 0.1) is 11.8 Å². The smallest absolute Gasteiger partial charge is 0.331 e. The van der Waals surface area contributed by atoms with Crippen molar-refractivity contribution in [2.75, 3.05) is 0 Å². The molecule has 2 fully saturated rings. The highest BCUT2D eigenvalue weighted by molar-refractivity contribution is 5.90. The normalized spacial score (nSPS) is 33.5. The summed E-state index contributed by atoms with van der Waals surface area (Å²) in [6.07, 6.45) is 6.34. The molecule has 4 heteroatoms. The van der Waals surface area contributed by atoms with E-state index in [0.717, 1.165) is 30.9 Å². The van der Waals surface area contributed by atoms with Gasteiger partial charge in [-0.3, -0.25) is 0 Å². The van der Waals surface area contributed by atoms with Crippen LogP contribution >= 0.6 is 0 Å². The zero-order valence-corrected chi connectivity index (χ0v) is 8.39. The molecular weight excluding hydrogens is 196 g/mol. The van der Waals surface area contributed by atoms with Crippen molar-refractivity contribution in [3.63, 3.8) is 0 Å². The van der Waals surface area contributed by atoms with E-state index < -0.39 is 11.9 Å². The average Bonchev–Trinajstić information content (AvgIpc) is 2.76. The van der Waals surface area contributed by atoms with Crippen molar-refractivity contribution in [3.05, 3.63) is 12.2 Å². The quantitative estimate of drug-likeness (QED) is 0.564. The third-order valence-corrected chi connectivity index (χ3v) is 3.30. The van der Waals surface area contributed by atoms with Crippen molar-refractivity contribution < 1.29 is 19.4 Å². The van der Waals surface area contributed by atoms with E-state index in [4.69, 9.17) is 9.84 Å². The lowest BCUT2D eigenvalue weighted by Crippen LogP contribution is -2.23. The molecule has 1 N–H and O–H groups in total. The molecule has 0 aromatic rings. The van der Waals surface area contributed by atoms with Gasteiger partial charge < -0.3 is 9.84 Å². The van der Waals surface area contributed by atoms with Gasteiger partial charge in [-0.25, -0.2) is 9.59 Å². The summed E-state index contributed by atoms with van der Waals surface area (Å²) in [5.74, 6) is -0.428. The predicted octanol–water partition coefficient (Wildman–Crippen LogP) is 1.36. The van der Waals surface area contributed by atoms with Crippen LogP contribution in [0.5, 0.6) is 0 Å². The van der Waals surface area contributed by atoms with Crippen molar-refractivity contribution in [1.29, 1.82) is 0 Å². The Morgan fingerprint density at radius 1 is 1.20 bits per heavy atom. The van der Waals surface area contributed by atoms with E-state index in [1.165, 1.54) is 12.8 Å². The number of carbonyl (C=O) groups is 2. The molecule has 3 unspecified atom stereocenters. The molecule has 0 aromatic carbocycles. The maximum Gasteiger partial charge on any atom is 0.331 e. The second-order valence-electron chi connectivity index (χ2n) is 4.32. The van der Waals surface area contributed by atoms with Crippen LogP contribution in [0.15, 0.2) is 12.2 Å². The SMILES string of the molecule is O=C(O)/C=C/C(=O)OC1CC2CCC1C2. The first kappa shape index (κ1) is 10.2. The average molecular weight is 210 g/mol. The second kappa shape index (κ2) is 4.04.